The molecule has 0 atom stereocenters. The highest BCUT2D eigenvalue weighted by Gasteiger charge is 2.00. The summed E-state index contributed by atoms with van der Waals surface area (Å²) in [6.45, 7) is 3.74. The van der Waals surface area contributed by atoms with E-state index in [1.807, 2.05) is 6.08 Å². The fourth-order valence-corrected chi connectivity index (χ4v) is 0.803. The summed E-state index contributed by atoms with van der Waals surface area (Å²) >= 11 is 0. The van der Waals surface area contributed by atoms with E-state index in [2.05, 4.69) is 18.0 Å². The van der Waals surface area contributed by atoms with Crippen molar-refractivity contribution >= 4 is 5.90 Å². The molecule has 1 rings (SSSR count). The number of rotatable bonds is 3. The quantitative estimate of drug-likeness (QED) is 0.584. The minimum Gasteiger partial charge on any atom is -0.476 e. The van der Waals surface area contributed by atoms with E-state index in [4.69, 9.17) is 4.74 Å². The summed E-state index contributed by atoms with van der Waals surface area (Å²) < 4.78 is 5.16. The van der Waals surface area contributed by atoms with Gasteiger partial charge in [-0.25, -0.2) is 4.99 Å². The first-order valence-electron chi connectivity index (χ1n) is 3.77. The lowest BCUT2D eigenvalue weighted by Gasteiger charge is -1.91. The van der Waals surface area contributed by atoms with Gasteiger partial charge < -0.3 is 4.74 Å². The molecule has 0 unspecified atom stereocenters. The highest BCUT2D eigenvalue weighted by Crippen LogP contribution is 1.97. The molecular weight excluding hydrogens is 126 g/mol. The molecule has 1 aliphatic heterocycles. The maximum absolute atomic E-state index is 5.16. The van der Waals surface area contributed by atoms with Crippen LogP contribution in [0.15, 0.2) is 17.1 Å². The maximum atomic E-state index is 5.16. The standard InChI is InChI=1S/C8H13NO/c1-2-3-4-5-8-9-6-7-10-8/h4-5H,2-3,6-7H2,1H3. The average Bonchev–Trinajstić information content (AvgIpc) is 2.41. The predicted molar refractivity (Wildman–Crippen MR) is 42.3 cm³/mol. The third-order valence-corrected chi connectivity index (χ3v) is 1.32. The van der Waals surface area contributed by atoms with Gasteiger partial charge in [0.15, 0.2) is 0 Å². The molecular formula is C8H13NO. The number of hydrogen-bond donors (Lipinski definition) is 0. The Labute approximate surface area is 61.6 Å². The van der Waals surface area contributed by atoms with Crippen molar-refractivity contribution in [3.63, 3.8) is 0 Å². The van der Waals surface area contributed by atoms with Crippen LogP contribution < -0.4 is 0 Å². The van der Waals surface area contributed by atoms with Gasteiger partial charge in [-0.1, -0.05) is 19.4 Å². The molecule has 2 nitrogen and oxygen atoms in total. The number of nitrogens with zero attached hydrogens (tertiary/aromatic N) is 1. The van der Waals surface area contributed by atoms with Crippen molar-refractivity contribution < 1.29 is 4.74 Å². The van der Waals surface area contributed by atoms with Gasteiger partial charge in [0, 0.05) is 0 Å². The molecule has 0 spiro atoms. The van der Waals surface area contributed by atoms with E-state index in [9.17, 15) is 0 Å². The Morgan fingerprint density at radius 1 is 1.70 bits per heavy atom. The summed E-state index contributed by atoms with van der Waals surface area (Å²) in [7, 11) is 0. The number of hydrogen-bond acceptors (Lipinski definition) is 2. The Hall–Kier alpha value is -0.790. The van der Waals surface area contributed by atoms with E-state index >= 15 is 0 Å². The summed E-state index contributed by atoms with van der Waals surface area (Å²) in [4.78, 5) is 4.12. The minimum atomic E-state index is 0.756. The second-order valence-corrected chi connectivity index (χ2v) is 2.26. The zero-order valence-electron chi connectivity index (χ0n) is 6.34. The number of aliphatic imine (C=N–C) groups is 1. The normalized spacial score (nSPS) is 17.5. The van der Waals surface area contributed by atoms with Crippen LogP contribution in [-0.4, -0.2) is 19.0 Å². The number of unbranched alkanes of at least 4 members (excludes halogenated alkanes) is 1. The van der Waals surface area contributed by atoms with Gasteiger partial charge >= 0.3 is 0 Å². The Balaban J connectivity index is 2.23. The van der Waals surface area contributed by atoms with Gasteiger partial charge in [-0.15, -0.1) is 0 Å². The average molecular weight is 139 g/mol. The summed E-state index contributed by atoms with van der Waals surface area (Å²) in [5.74, 6) is 0.799. The number of ether oxygens (including phenoxy) is 1. The van der Waals surface area contributed by atoms with Crippen LogP contribution in [0.5, 0.6) is 0 Å². The Morgan fingerprint density at radius 3 is 3.20 bits per heavy atom. The van der Waals surface area contributed by atoms with E-state index in [-0.39, 0.29) is 0 Å². The summed E-state index contributed by atoms with van der Waals surface area (Å²) in [5, 5.41) is 0. The predicted octanol–water partition coefficient (Wildman–Crippen LogP) is 1.77. The first-order chi connectivity index (χ1) is 4.93. The Morgan fingerprint density at radius 2 is 2.60 bits per heavy atom. The molecule has 0 saturated carbocycles. The number of allylic oxidation sites excluding steroid dienone is 1. The first-order valence-corrected chi connectivity index (χ1v) is 3.77. The lowest BCUT2D eigenvalue weighted by Crippen LogP contribution is -1.92. The molecule has 1 aliphatic rings. The van der Waals surface area contributed by atoms with Crippen LogP contribution in [0.1, 0.15) is 19.8 Å². The van der Waals surface area contributed by atoms with Gasteiger partial charge in [0.1, 0.15) is 6.61 Å². The summed E-state index contributed by atoms with van der Waals surface area (Å²) in [5.41, 5.74) is 0. The van der Waals surface area contributed by atoms with Gasteiger partial charge in [-0.3, -0.25) is 0 Å². The topological polar surface area (TPSA) is 21.6 Å². The van der Waals surface area contributed by atoms with E-state index < -0.39 is 0 Å². The molecule has 0 bridgehead atoms. The Bertz CT molecular complexity index is 149. The van der Waals surface area contributed by atoms with Gasteiger partial charge in [-0.05, 0) is 12.5 Å². The second kappa shape index (κ2) is 4.09. The molecule has 0 saturated heterocycles. The van der Waals surface area contributed by atoms with Crippen LogP contribution in [0.4, 0.5) is 0 Å². The molecule has 0 aromatic carbocycles. The Kier molecular flexibility index (Phi) is 3.00. The molecule has 2 heteroatoms. The van der Waals surface area contributed by atoms with Crippen molar-refractivity contribution in [3.8, 4) is 0 Å². The van der Waals surface area contributed by atoms with Crippen LogP contribution in [0.3, 0.4) is 0 Å². The minimum absolute atomic E-state index is 0.756. The molecule has 56 valence electrons. The van der Waals surface area contributed by atoms with Crippen molar-refractivity contribution in [1.29, 1.82) is 0 Å². The van der Waals surface area contributed by atoms with Crippen molar-refractivity contribution in [2.75, 3.05) is 13.2 Å². The molecule has 0 amide bonds. The fourth-order valence-electron chi connectivity index (χ4n) is 0.803. The molecule has 0 aliphatic carbocycles. The molecule has 10 heavy (non-hydrogen) atoms. The van der Waals surface area contributed by atoms with Gasteiger partial charge in [-0.2, -0.15) is 0 Å². The van der Waals surface area contributed by atoms with E-state index in [1.165, 1.54) is 6.42 Å². The summed E-state index contributed by atoms with van der Waals surface area (Å²) in [6.07, 6.45) is 6.35. The third kappa shape index (κ3) is 2.21. The summed E-state index contributed by atoms with van der Waals surface area (Å²) in [6, 6.07) is 0. The van der Waals surface area contributed by atoms with E-state index in [1.54, 1.807) is 0 Å². The zero-order chi connectivity index (χ0) is 7.23. The van der Waals surface area contributed by atoms with Crippen molar-refractivity contribution in [1.82, 2.24) is 0 Å². The lowest BCUT2D eigenvalue weighted by molar-refractivity contribution is 0.350. The third-order valence-electron chi connectivity index (χ3n) is 1.32. The van der Waals surface area contributed by atoms with Crippen molar-refractivity contribution in [3.05, 3.63) is 12.2 Å². The monoisotopic (exact) mass is 139 g/mol. The van der Waals surface area contributed by atoms with Crippen molar-refractivity contribution in [2.24, 2.45) is 4.99 Å². The molecule has 0 aromatic rings. The van der Waals surface area contributed by atoms with Gasteiger partial charge in [0.25, 0.3) is 0 Å². The lowest BCUT2D eigenvalue weighted by atomic mass is 10.3. The van der Waals surface area contributed by atoms with Crippen LogP contribution in [0, 0.1) is 0 Å². The molecule has 1 heterocycles. The molecule has 0 aromatic heterocycles. The molecule has 0 N–H and O–H groups in total. The van der Waals surface area contributed by atoms with Gasteiger partial charge in [0.2, 0.25) is 5.90 Å². The molecule has 0 fully saturated rings. The highest BCUT2D eigenvalue weighted by molar-refractivity contribution is 5.88. The fraction of sp³-hybridized carbons (Fsp3) is 0.625. The largest absolute Gasteiger partial charge is 0.476 e. The highest BCUT2D eigenvalue weighted by atomic mass is 16.5. The van der Waals surface area contributed by atoms with Crippen LogP contribution in [-0.2, 0) is 4.74 Å². The van der Waals surface area contributed by atoms with E-state index in [0.29, 0.717) is 0 Å². The van der Waals surface area contributed by atoms with Crippen LogP contribution >= 0.6 is 0 Å². The maximum Gasteiger partial charge on any atom is 0.208 e. The molecule has 0 radical (unpaired) electrons. The smallest absolute Gasteiger partial charge is 0.208 e. The van der Waals surface area contributed by atoms with Crippen molar-refractivity contribution in [2.45, 2.75) is 19.8 Å². The zero-order valence-corrected chi connectivity index (χ0v) is 6.34. The van der Waals surface area contributed by atoms with Crippen LogP contribution in [0.25, 0.3) is 0 Å². The first kappa shape index (κ1) is 7.32. The second-order valence-electron chi connectivity index (χ2n) is 2.26. The van der Waals surface area contributed by atoms with Gasteiger partial charge in [0.05, 0.1) is 6.54 Å². The van der Waals surface area contributed by atoms with E-state index in [0.717, 1.165) is 25.5 Å². The van der Waals surface area contributed by atoms with Crippen LogP contribution in [0.2, 0.25) is 0 Å². The SMILES string of the molecule is CCCC=CC1=NCCO1.